The van der Waals surface area contributed by atoms with Gasteiger partial charge in [-0.3, -0.25) is 9.59 Å². The summed E-state index contributed by atoms with van der Waals surface area (Å²) in [6.45, 7) is 7.22. The number of halogens is 1. The van der Waals surface area contributed by atoms with Gasteiger partial charge in [-0.2, -0.15) is 0 Å². The fraction of sp³-hybridized carbons (Fsp3) is 0.286. The highest BCUT2D eigenvalue weighted by Crippen LogP contribution is 2.29. The van der Waals surface area contributed by atoms with Crippen molar-refractivity contribution in [2.45, 2.75) is 20.3 Å². The highest BCUT2D eigenvalue weighted by Gasteiger charge is 2.21. The molecule has 0 spiro atoms. The summed E-state index contributed by atoms with van der Waals surface area (Å²) in [6.07, 6.45) is 3.67. The maximum absolute atomic E-state index is 12.4. The monoisotopic (exact) mass is 491 g/mol. The Labute approximate surface area is 211 Å². The number of anilines is 2. The fourth-order valence-electron chi connectivity index (χ4n) is 4.04. The van der Waals surface area contributed by atoms with Crippen molar-refractivity contribution in [3.8, 4) is 11.3 Å². The summed E-state index contributed by atoms with van der Waals surface area (Å²) in [6, 6.07) is 18.8. The average molecular weight is 492 g/mol. The minimum Gasteiger partial charge on any atom is -0.457 e. The van der Waals surface area contributed by atoms with E-state index in [0.29, 0.717) is 34.6 Å². The quantitative estimate of drug-likeness (QED) is 0.415. The van der Waals surface area contributed by atoms with E-state index in [9.17, 15) is 9.59 Å². The summed E-state index contributed by atoms with van der Waals surface area (Å²) in [5, 5.41) is 3.48. The van der Waals surface area contributed by atoms with E-state index in [1.54, 1.807) is 12.1 Å². The average Bonchev–Trinajstić information content (AvgIpc) is 3.32. The molecule has 1 saturated heterocycles. The number of benzene rings is 2. The lowest BCUT2D eigenvalue weighted by Gasteiger charge is -2.36. The maximum Gasteiger partial charge on any atom is 0.248 e. The smallest absolute Gasteiger partial charge is 0.248 e. The molecule has 182 valence electrons. The normalized spacial score (nSPS) is 14.1. The van der Waals surface area contributed by atoms with Gasteiger partial charge in [0.15, 0.2) is 0 Å². The molecule has 0 unspecified atom stereocenters. The Balaban J connectivity index is 1.28. The number of hydrogen-bond acceptors (Lipinski definition) is 4. The van der Waals surface area contributed by atoms with Crippen molar-refractivity contribution in [2.75, 3.05) is 36.4 Å². The SMILES string of the molecule is CC(C)CC(=O)N1CCN(c2ccc(NC(=O)/C=C/c3ccc(-c4ccccc4Cl)o3)cc2)CC1. The molecular formula is C28H30ClN3O3. The molecule has 1 aliphatic heterocycles. The lowest BCUT2D eigenvalue weighted by atomic mass is 10.1. The second kappa shape index (κ2) is 11.3. The predicted molar refractivity (Wildman–Crippen MR) is 142 cm³/mol. The van der Waals surface area contributed by atoms with Gasteiger partial charge in [0.25, 0.3) is 0 Å². The van der Waals surface area contributed by atoms with Crippen molar-refractivity contribution < 1.29 is 14.0 Å². The predicted octanol–water partition coefficient (Wildman–Crippen LogP) is 5.95. The Morgan fingerprint density at radius 2 is 1.71 bits per heavy atom. The molecule has 3 aromatic rings. The standard InChI is InChI=1S/C28H30ClN3O3/c1-20(2)19-28(34)32-17-15-31(16-18-32)22-9-7-21(8-10-22)30-27(33)14-12-23-11-13-26(35-23)24-5-3-4-6-25(24)29/h3-14,20H,15-19H2,1-2H3,(H,30,33)/b14-12+. The second-order valence-electron chi connectivity index (χ2n) is 9.02. The molecule has 1 N–H and O–H groups in total. The molecule has 0 aliphatic carbocycles. The molecule has 35 heavy (non-hydrogen) atoms. The summed E-state index contributed by atoms with van der Waals surface area (Å²) in [5.74, 6) is 1.59. The van der Waals surface area contributed by atoms with Crippen molar-refractivity contribution in [2.24, 2.45) is 5.92 Å². The number of amides is 2. The highest BCUT2D eigenvalue weighted by molar-refractivity contribution is 6.33. The molecule has 1 aliphatic rings. The minimum absolute atomic E-state index is 0.236. The number of furan rings is 1. The summed E-state index contributed by atoms with van der Waals surface area (Å²) in [7, 11) is 0. The molecular weight excluding hydrogens is 462 g/mol. The van der Waals surface area contributed by atoms with Crippen LogP contribution in [0.4, 0.5) is 11.4 Å². The molecule has 1 fully saturated rings. The van der Waals surface area contributed by atoms with Gasteiger partial charge in [0.1, 0.15) is 11.5 Å². The van der Waals surface area contributed by atoms with Crippen LogP contribution in [0.25, 0.3) is 17.4 Å². The molecule has 0 atom stereocenters. The zero-order chi connectivity index (χ0) is 24.8. The van der Waals surface area contributed by atoms with E-state index in [1.165, 1.54) is 6.08 Å². The van der Waals surface area contributed by atoms with Gasteiger partial charge in [-0.25, -0.2) is 0 Å². The molecule has 0 saturated carbocycles. The van der Waals surface area contributed by atoms with Crippen LogP contribution in [0.5, 0.6) is 0 Å². The van der Waals surface area contributed by atoms with Gasteiger partial charge in [0.05, 0.1) is 5.02 Å². The summed E-state index contributed by atoms with van der Waals surface area (Å²) >= 11 is 6.22. The number of hydrogen-bond donors (Lipinski definition) is 1. The molecule has 2 heterocycles. The van der Waals surface area contributed by atoms with E-state index in [4.69, 9.17) is 16.0 Å². The highest BCUT2D eigenvalue weighted by atomic mass is 35.5. The lowest BCUT2D eigenvalue weighted by molar-refractivity contribution is -0.132. The van der Waals surface area contributed by atoms with Gasteiger partial charge in [0.2, 0.25) is 11.8 Å². The number of nitrogens with one attached hydrogen (secondary N) is 1. The van der Waals surface area contributed by atoms with Gasteiger partial charge in [0, 0.05) is 55.6 Å². The molecule has 2 aromatic carbocycles. The Kier molecular flexibility index (Phi) is 7.93. The zero-order valence-corrected chi connectivity index (χ0v) is 20.8. The Morgan fingerprint density at radius 1 is 1.00 bits per heavy atom. The fourth-order valence-corrected chi connectivity index (χ4v) is 4.27. The van der Waals surface area contributed by atoms with Crippen LogP contribution in [0.2, 0.25) is 5.02 Å². The first kappa shape index (κ1) is 24.6. The van der Waals surface area contributed by atoms with Crippen LogP contribution in [0.3, 0.4) is 0 Å². The molecule has 0 radical (unpaired) electrons. The van der Waals surface area contributed by atoms with Crippen LogP contribution in [-0.4, -0.2) is 42.9 Å². The van der Waals surface area contributed by atoms with E-state index in [2.05, 4.69) is 24.1 Å². The first-order valence-electron chi connectivity index (χ1n) is 11.9. The molecule has 1 aromatic heterocycles. The molecule has 6 nitrogen and oxygen atoms in total. The van der Waals surface area contributed by atoms with Gasteiger partial charge >= 0.3 is 0 Å². The summed E-state index contributed by atoms with van der Waals surface area (Å²) < 4.78 is 5.79. The summed E-state index contributed by atoms with van der Waals surface area (Å²) in [4.78, 5) is 28.9. The third-order valence-corrected chi connectivity index (χ3v) is 6.21. The summed E-state index contributed by atoms with van der Waals surface area (Å²) in [5.41, 5.74) is 2.60. The first-order chi connectivity index (χ1) is 16.9. The number of nitrogens with zero attached hydrogens (tertiary/aromatic N) is 2. The van der Waals surface area contributed by atoms with Crippen molar-refractivity contribution >= 4 is 40.9 Å². The Hall–Kier alpha value is -3.51. The number of carbonyl (C=O) groups is 2. The largest absolute Gasteiger partial charge is 0.457 e. The van der Waals surface area contributed by atoms with Gasteiger partial charge in [-0.05, 0) is 60.5 Å². The molecule has 7 heteroatoms. The van der Waals surface area contributed by atoms with Crippen LogP contribution in [-0.2, 0) is 9.59 Å². The number of rotatable bonds is 7. The van der Waals surface area contributed by atoms with E-state index >= 15 is 0 Å². The van der Waals surface area contributed by atoms with Crippen LogP contribution in [0.1, 0.15) is 26.0 Å². The zero-order valence-electron chi connectivity index (χ0n) is 20.0. The van der Waals surface area contributed by atoms with Crippen LogP contribution in [0, 0.1) is 5.92 Å². The van der Waals surface area contributed by atoms with Crippen LogP contribution < -0.4 is 10.2 Å². The molecule has 2 amide bonds. The lowest BCUT2D eigenvalue weighted by Crippen LogP contribution is -2.49. The van der Waals surface area contributed by atoms with Crippen molar-refractivity contribution in [1.82, 2.24) is 4.90 Å². The van der Waals surface area contributed by atoms with Crippen LogP contribution >= 0.6 is 11.6 Å². The number of piperazine rings is 1. The van der Waals surface area contributed by atoms with E-state index in [0.717, 1.165) is 37.4 Å². The second-order valence-corrected chi connectivity index (χ2v) is 9.42. The van der Waals surface area contributed by atoms with E-state index < -0.39 is 0 Å². The van der Waals surface area contributed by atoms with Crippen molar-refractivity contribution in [3.63, 3.8) is 0 Å². The van der Waals surface area contributed by atoms with E-state index in [-0.39, 0.29) is 11.8 Å². The molecule has 0 bridgehead atoms. The van der Waals surface area contributed by atoms with E-state index in [1.807, 2.05) is 59.5 Å². The third-order valence-electron chi connectivity index (χ3n) is 5.88. The van der Waals surface area contributed by atoms with Crippen LogP contribution in [0.15, 0.2) is 71.2 Å². The van der Waals surface area contributed by atoms with Crippen molar-refractivity contribution in [1.29, 1.82) is 0 Å². The molecule has 4 rings (SSSR count). The number of carbonyl (C=O) groups excluding carboxylic acids is 2. The first-order valence-corrected chi connectivity index (χ1v) is 12.2. The topological polar surface area (TPSA) is 65.8 Å². The Morgan fingerprint density at radius 3 is 2.40 bits per heavy atom. The van der Waals surface area contributed by atoms with Crippen molar-refractivity contribution in [3.05, 3.63) is 77.5 Å². The van der Waals surface area contributed by atoms with Gasteiger partial charge in [-0.15, -0.1) is 0 Å². The third kappa shape index (κ3) is 6.55. The van der Waals surface area contributed by atoms with Gasteiger partial charge < -0.3 is 19.5 Å². The maximum atomic E-state index is 12.4. The minimum atomic E-state index is -0.245. The van der Waals surface area contributed by atoms with Gasteiger partial charge in [-0.1, -0.05) is 37.6 Å². The Bertz CT molecular complexity index is 1190.